The second-order valence-corrected chi connectivity index (χ2v) is 3.96. The topological polar surface area (TPSA) is 90.1 Å². The Kier molecular flexibility index (Phi) is 6.24. The lowest BCUT2D eigenvalue weighted by molar-refractivity contribution is 0.358. The van der Waals surface area contributed by atoms with E-state index in [-0.39, 0.29) is 18.1 Å². The van der Waals surface area contributed by atoms with E-state index in [1.807, 2.05) is 6.92 Å². The van der Waals surface area contributed by atoms with Gasteiger partial charge in [0.2, 0.25) is 0 Å². The third kappa shape index (κ3) is 5.21. The molecule has 0 bridgehead atoms. The summed E-state index contributed by atoms with van der Waals surface area (Å²) in [5, 5.41) is 3.29. The first-order valence-corrected chi connectivity index (χ1v) is 4.93. The Balaban J connectivity index is 3.74. The predicted molar refractivity (Wildman–Crippen MR) is 57.3 cm³/mol. The van der Waals surface area contributed by atoms with Crippen LogP contribution in [0.1, 0.15) is 20.8 Å². The molecular weight excluding hydrogens is 164 g/mol. The average Bonchev–Trinajstić information content (AvgIpc) is 2.11. The molecule has 0 fully saturated rings. The molecule has 0 spiro atoms. The SMILES string of the molecule is CC(N)CNC(C)C(N)C(C)CN. The lowest BCUT2D eigenvalue weighted by Crippen LogP contribution is -2.50. The van der Waals surface area contributed by atoms with Crippen LogP contribution >= 0.6 is 0 Å². The highest BCUT2D eigenvalue weighted by Gasteiger charge is 2.17. The summed E-state index contributed by atoms with van der Waals surface area (Å²) in [7, 11) is 0. The Labute approximate surface area is 81.2 Å². The highest BCUT2D eigenvalue weighted by molar-refractivity contribution is 4.81. The monoisotopic (exact) mass is 188 g/mol. The summed E-state index contributed by atoms with van der Waals surface area (Å²) in [4.78, 5) is 0. The molecular formula is C9H24N4. The Hall–Kier alpha value is -0.160. The fourth-order valence-corrected chi connectivity index (χ4v) is 1.16. The molecule has 0 aromatic heterocycles. The van der Waals surface area contributed by atoms with E-state index in [1.165, 1.54) is 0 Å². The zero-order valence-electron chi connectivity index (χ0n) is 8.96. The number of hydrogen-bond donors (Lipinski definition) is 4. The van der Waals surface area contributed by atoms with E-state index in [1.54, 1.807) is 0 Å². The number of rotatable bonds is 6. The molecule has 0 amide bonds. The van der Waals surface area contributed by atoms with Gasteiger partial charge in [0, 0.05) is 24.7 Å². The van der Waals surface area contributed by atoms with Crippen molar-refractivity contribution in [3.63, 3.8) is 0 Å². The normalized spacial score (nSPS) is 20.8. The van der Waals surface area contributed by atoms with Gasteiger partial charge < -0.3 is 22.5 Å². The lowest BCUT2D eigenvalue weighted by Gasteiger charge is -2.26. The van der Waals surface area contributed by atoms with Gasteiger partial charge in [0.15, 0.2) is 0 Å². The zero-order chi connectivity index (χ0) is 10.4. The van der Waals surface area contributed by atoms with Crippen LogP contribution in [0, 0.1) is 5.92 Å². The summed E-state index contributed by atoms with van der Waals surface area (Å²) in [5.41, 5.74) is 17.1. The highest BCUT2D eigenvalue weighted by atomic mass is 15.0. The molecule has 0 rings (SSSR count). The lowest BCUT2D eigenvalue weighted by atomic mass is 9.97. The molecule has 0 saturated carbocycles. The summed E-state index contributed by atoms with van der Waals surface area (Å²) < 4.78 is 0. The van der Waals surface area contributed by atoms with Gasteiger partial charge >= 0.3 is 0 Å². The molecule has 0 heterocycles. The van der Waals surface area contributed by atoms with E-state index in [4.69, 9.17) is 17.2 Å². The quantitative estimate of drug-likeness (QED) is 0.441. The van der Waals surface area contributed by atoms with E-state index < -0.39 is 0 Å². The molecule has 7 N–H and O–H groups in total. The van der Waals surface area contributed by atoms with Gasteiger partial charge in [-0.3, -0.25) is 0 Å². The standard InChI is InChI=1S/C9H24N4/c1-6(4-10)9(12)8(3)13-5-7(2)11/h6-9,13H,4-5,10-12H2,1-3H3. The van der Waals surface area contributed by atoms with Crippen molar-refractivity contribution in [2.45, 2.75) is 38.9 Å². The molecule has 0 aromatic rings. The largest absolute Gasteiger partial charge is 0.330 e. The Bertz CT molecular complexity index is 127. The van der Waals surface area contributed by atoms with Crippen LogP contribution < -0.4 is 22.5 Å². The summed E-state index contributed by atoms with van der Waals surface area (Å²) in [6.45, 7) is 7.53. The minimum Gasteiger partial charge on any atom is -0.330 e. The van der Waals surface area contributed by atoms with Crippen molar-refractivity contribution in [2.24, 2.45) is 23.1 Å². The van der Waals surface area contributed by atoms with Crippen LogP contribution in [0.15, 0.2) is 0 Å². The smallest absolute Gasteiger partial charge is 0.0229 e. The van der Waals surface area contributed by atoms with Crippen molar-refractivity contribution in [3.05, 3.63) is 0 Å². The fraction of sp³-hybridized carbons (Fsp3) is 1.00. The third-order valence-corrected chi connectivity index (χ3v) is 2.37. The van der Waals surface area contributed by atoms with Crippen molar-refractivity contribution in [1.29, 1.82) is 0 Å². The summed E-state index contributed by atoms with van der Waals surface area (Å²) in [6, 6.07) is 0.538. The van der Waals surface area contributed by atoms with Crippen LogP contribution in [-0.4, -0.2) is 31.2 Å². The predicted octanol–water partition coefficient (Wildman–Crippen LogP) is -0.766. The molecule has 0 aliphatic heterocycles. The van der Waals surface area contributed by atoms with Gasteiger partial charge in [0.25, 0.3) is 0 Å². The number of nitrogens with one attached hydrogen (secondary N) is 1. The third-order valence-electron chi connectivity index (χ3n) is 2.37. The van der Waals surface area contributed by atoms with Crippen LogP contribution in [0.4, 0.5) is 0 Å². The van der Waals surface area contributed by atoms with Crippen molar-refractivity contribution >= 4 is 0 Å². The second kappa shape index (κ2) is 6.32. The number of hydrogen-bond acceptors (Lipinski definition) is 4. The van der Waals surface area contributed by atoms with Gasteiger partial charge in [-0.15, -0.1) is 0 Å². The average molecular weight is 188 g/mol. The summed E-state index contributed by atoms with van der Waals surface area (Å²) in [5.74, 6) is 0.343. The van der Waals surface area contributed by atoms with E-state index >= 15 is 0 Å². The van der Waals surface area contributed by atoms with Crippen molar-refractivity contribution in [1.82, 2.24) is 5.32 Å². The molecule has 4 unspecified atom stereocenters. The van der Waals surface area contributed by atoms with E-state index in [9.17, 15) is 0 Å². The Morgan fingerprint density at radius 2 is 1.69 bits per heavy atom. The molecule has 4 atom stereocenters. The first-order valence-electron chi connectivity index (χ1n) is 4.93. The molecule has 80 valence electrons. The van der Waals surface area contributed by atoms with Crippen LogP contribution in [-0.2, 0) is 0 Å². The van der Waals surface area contributed by atoms with Crippen LogP contribution in [0.25, 0.3) is 0 Å². The van der Waals surface area contributed by atoms with E-state index in [2.05, 4.69) is 19.2 Å². The van der Waals surface area contributed by atoms with Gasteiger partial charge in [-0.25, -0.2) is 0 Å². The van der Waals surface area contributed by atoms with E-state index in [0.717, 1.165) is 6.54 Å². The molecule has 4 heteroatoms. The minimum atomic E-state index is 0.101. The van der Waals surface area contributed by atoms with Gasteiger partial charge in [0.05, 0.1) is 0 Å². The molecule has 0 saturated heterocycles. The molecule has 13 heavy (non-hydrogen) atoms. The highest BCUT2D eigenvalue weighted by Crippen LogP contribution is 2.02. The van der Waals surface area contributed by atoms with Crippen molar-refractivity contribution < 1.29 is 0 Å². The fourth-order valence-electron chi connectivity index (χ4n) is 1.16. The maximum Gasteiger partial charge on any atom is 0.0229 e. The Morgan fingerprint density at radius 3 is 2.08 bits per heavy atom. The molecule has 0 aliphatic carbocycles. The first kappa shape index (κ1) is 12.8. The van der Waals surface area contributed by atoms with E-state index in [0.29, 0.717) is 12.5 Å². The Morgan fingerprint density at radius 1 is 1.15 bits per heavy atom. The molecule has 0 radical (unpaired) electrons. The van der Waals surface area contributed by atoms with Crippen molar-refractivity contribution in [3.8, 4) is 0 Å². The van der Waals surface area contributed by atoms with Gasteiger partial charge in [-0.2, -0.15) is 0 Å². The number of nitrogens with two attached hydrogens (primary N) is 3. The first-order chi connectivity index (χ1) is 5.99. The van der Waals surface area contributed by atoms with Crippen LogP contribution in [0.2, 0.25) is 0 Å². The summed E-state index contributed by atoms with van der Waals surface area (Å²) >= 11 is 0. The maximum atomic E-state index is 5.97. The maximum absolute atomic E-state index is 5.97. The molecule has 4 nitrogen and oxygen atoms in total. The zero-order valence-corrected chi connectivity index (χ0v) is 8.96. The molecule has 0 aliphatic rings. The van der Waals surface area contributed by atoms with Gasteiger partial charge in [-0.05, 0) is 26.3 Å². The van der Waals surface area contributed by atoms with Gasteiger partial charge in [0.1, 0.15) is 0 Å². The van der Waals surface area contributed by atoms with Crippen molar-refractivity contribution in [2.75, 3.05) is 13.1 Å². The minimum absolute atomic E-state index is 0.101. The summed E-state index contributed by atoms with van der Waals surface area (Å²) in [6.07, 6.45) is 0. The second-order valence-electron chi connectivity index (χ2n) is 3.96. The van der Waals surface area contributed by atoms with Crippen LogP contribution in [0.5, 0.6) is 0 Å². The van der Waals surface area contributed by atoms with Gasteiger partial charge in [-0.1, -0.05) is 6.92 Å². The van der Waals surface area contributed by atoms with Crippen LogP contribution in [0.3, 0.4) is 0 Å². The molecule has 0 aromatic carbocycles.